The zero-order chi connectivity index (χ0) is 13.8. The third kappa shape index (κ3) is 3.26. The summed E-state index contributed by atoms with van der Waals surface area (Å²) < 4.78 is 0. The molecule has 1 atom stereocenters. The molecule has 0 radical (unpaired) electrons. The Hall–Kier alpha value is -2.00. The minimum Gasteiger partial charge on any atom is -0.398 e. The van der Waals surface area contributed by atoms with Gasteiger partial charge < -0.3 is 11.1 Å². The van der Waals surface area contributed by atoms with Crippen LogP contribution in [0.5, 0.6) is 0 Å². The van der Waals surface area contributed by atoms with E-state index in [0.29, 0.717) is 16.3 Å². The van der Waals surface area contributed by atoms with Crippen molar-refractivity contribution in [1.29, 1.82) is 0 Å². The van der Waals surface area contributed by atoms with Crippen molar-refractivity contribution in [2.75, 3.05) is 5.73 Å². The summed E-state index contributed by atoms with van der Waals surface area (Å²) in [6, 6.07) is 14.3. The average molecular weight is 275 g/mol. The molecule has 98 valence electrons. The molecule has 0 saturated heterocycles. The first-order chi connectivity index (χ1) is 9.08. The standard InChI is InChI=1S/C15H15ClN2O/c1-10(11-5-4-6-12(16)9-11)18-15(19)13-7-2-3-8-14(13)17/h2-10H,17H2,1H3,(H,18,19)/t10-/m1/s1. The number of nitrogens with one attached hydrogen (secondary N) is 1. The van der Waals surface area contributed by atoms with Crippen LogP contribution in [-0.4, -0.2) is 5.91 Å². The van der Waals surface area contributed by atoms with Gasteiger partial charge in [0, 0.05) is 10.7 Å². The van der Waals surface area contributed by atoms with Crippen molar-refractivity contribution in [2.45, 2.75) is 13.0 Å². The molecule has 2 aromatic rings. The zero-order valence-electron chi connectivity index (χ0n) is 10.6. The van der Waals surface area contributed by atoms with E-state index >= 15 is 0 Å². The van der Waals surface area contributed by atoms with Crippen molar-refractivity contribution in [3.8, 4) is 0 Å². The second-order valence-corrected chi connectivity index (χ2v) is 4.77. The normalized spacial score (nSPS) is 11.9. The summed E-state index contributed by atoms with van der Waals surface area (Å²) in [6.45, 7) is 1.91. The van der Waals surface area contributed by atoms with Gasteiger partial charge in [0.1, 0.15) is 0 Å². The lowest BCUT2D eigenvalue weighted by Gasteiger charge is -2.15. The molecule has 0 aliphatic carbocycles. The summed E-state index contributed by atoms with van der Waals surface area (Å²) in [5.74, 6) is -0.189. The molecule has 0 unspecified atom stereocenters. The Kier molecular flexibility index (Phi) is 4.07. The number of hydrogen-bond donors (Lipinski definition) is 2. The number of carbonyl (C=O) groups is 1. The van der Waals surface area contributed by atoms with Crippen LogP contribution in [0.15, 0.2) is 48.5 Å². The van der Waals surface area contributed by atoms with Crippen LogP contribution in [0.25, 0.3) is 0 Å². The predicted octanol–water partition coefficient (Wildman–Crippen LogP) is 3.41. The summed E-state index contributed by atoms with van der Waals surface area (Å²) >= 11 is 5.93. The largest absolute Gasteiger partial charge is 0.398 e. The lowest BCUT2D eigenvalue weighted by Crippen LogP contribution is -2.27. The Bertz CT molecular complexity index is 598. The van der Waals surface area contributed by atoms with E-state index in [-0.39, 0.29) is 11.9 Å². The maximum Gasteiger partial charge on any atom is 0.253 e. The molecule has 3 N–H and O–H groups in total. The second-order valence-electron chi connectivity index (χ2n) is 4.34. The SMILES string of the molecule is C[C@@H](NC(=O)c1ccccc1N)c1cccc(Cl)c1. The van der Waals surface area contributed by atoms with Crippen LogP contribution in [0.4, 0.5) is 5.69 Å². The molecule has 0 bridgehead atoms. The summed E-state index contributed by atoms with van der Waals surface area (Å²) in [5, 5.41) is 3.55. The fourth-order valence-electron chi connectivity index (χ4n) is 1.84. The molecule has 0 aromatic heterocycles. The maximum atomic E-state index is 12.1. The number of anilines is 1. The van der Waals surface area contributed by atoms with Crippen molar-refractivity contribution in [3.05, 3.63) is 64.7 Å². The van der Waals surface area contributed by atoms with E-state index in [1.165, 1.54) is 0 Å². The van der Waals surface area contributed by atoms with Gasteiger partial charge in [0.2, 0.25) is 0 Å². The molecule has 0 spiro atoms. The highest BCUT2D eigenvalue weighted by atomic mass is 35.5. The Balaban J connectivity index is 2.13. The van der Waals surface area contributed by atoms with Crippen molar-refractivity contribution < 1.29 is 4.79 Å². The molecule has 1 amide bonds. The minimum absolute atomic E-state index is 0.134. The maximum absolute atomic E-state index is 12.1. The van der Waals surface area contributed by atoms with E-state index in [0.717, 1.165) is 5.56 Å². The molecular weight excluding hydrogens is 260 g/mol. The number of amides is 1. The zero-order valence-corrected chi connectivity index (χ0v) is 11.3. The number of nitrogen functional groups attached to an aromatic ring is 1. The number of hydrogen-bond acceptors (Lipinski definition) is 2. The minimum atomic E-state index is -0.189. The third-order valence-electron chi connectivity index (χ3n) is 2.90. The molecule has 0 fully saturated rings. The van der Waals surface area contributed by atoms with E-state index in [9.17, 15) is 4.79 Å². The van der Waals surface area contributed by atoms with E-state index in [1.807, 2.05) is 25.1 Å². The quantitative estimate of drug-likeness (QED) is 0.843. The number of benzene rings is 2. The first-order valence-electron chi connectivity index (χ1n) is 5.99. The molecular formula is C15H15ClN2O. The van der Waals surface area contributed by atoms with E-state index in [2.05, 4.69) is 5.32 Å². The molecule has 2 rings (SSSR count). The highest BCUT2D eigenvalue weighted by Crippen LogP contribution is 2.18. The van der Waals surface area contributed by atoms with Crippen LogP contribution in [0.2, 0.25) is 5.02 Å². The Morgan fingerprint density at radius 1 is 1.21 bits per heavy atom. The molecule has 19 heavy (non-hydrogen) atoms. The van der Waals surface area contributed by atoms with Gasteiger partial charge in [-0.3, -0.25) is 4.79 Å². The van der Waals surface area contributed by atoms with Gasteiger partial charge >= 0.3 is 0 Å². The van der Waals surface area contributed by atoms with Crippen molar-refractivity contribution in [3.63, 3.8) is 0 Å². The van der Waals surface area contributed by atoms with Gasteiger partial charge in [-0.15, -0.1) is 0 Å². The van der Waals surface area contributed by atoms with Gasteiger partial charge in [-0.05, 0) is 36.8 Å². The lowest BCUT2D eigenvalue weighted by molar-refractivity contribution is 0.0941. The van der Waals surface area contributed by atoms with Crippen LogP contribution in [0.1, 0.15) is 28.9 Å². The van der Waals surface area contributed by atoms with E-state index < -0.39 is 0 Å². The Labute approximate surface area is 117 Å². The first kappa shape index (κ1) is 13.4. The van der Waals surface area contributed by atoms with Gasteiger partial charge in [-0.25, -0.2) is 0 Å². The van der Waals surface area contributed by atoms with Gasteiger partial charge in [0.15, 0.2) is 0 Å². The summed E-state index contributed by atoms with van der Waals surface area (Å²) in [5.41, 5.74) is 7.69. The Morgan fingerprint density at radius 3 is 2.63 bits per heavy atom. The van der Waals surface area contributed by atoms with Crippen LogP contribution >= 0.6 is 11.6 Å². The van der Waals surface area contributed by atoms with Crippen LogP contribution in [0.3, 0.4) is 0 Å². The van der Waals surface area contributed by atoms with Crippen LogP contribution in [0, 0.1) is 0 Å². The highest BCUT2D eigenvalue weighted by Gasteiger charge is 2.13. The van der Waals surface area contributed by atoms with Crippen molar-refractivity contribution in [2.24, 2.45) is 0 Å². The first-order valence-corrected chi connectivity index (χ1v) is 6.36. The summed E-state index contributed by atoms with van der Waals surface area (Å²) in [4.78, 5) is 12.1. The van der Waals surface area contributed by atoms with Gasteiger partial charge in [-0.2, -0.15) is 0 Å². The monoisotopic (exact) mass is 274 g/mol. The smallest absolute Gasteiger partial charge is 0.253 e. The van der Waals surface area contributed by atoms with Crippen molar-refractivity contribution >= 4 is 23.2 Å². The number of halogens is 1. The predicted molar refractivity (Wildman–Crippen MR) is 78.2 cm³/mol. The van der Waals surface area contributed by atoms with E-state index in [4.69, 9.17) is 17.3 Å². The fraction of sp³-hybridized carbons (Fsp3) is 0.133. The molecule has 4 heteroatoms. The number of nitrogens with two attached hydrogens (primary N) is 1. The topological polar surface area (TPSA) is 55.1 Å². The van der Waals surface area contributed by atoms with Crippen molar-refractivity contribution in [1.82, 2.24) is 5.32 Å². The second kappa shape index (κ2) is 5.76. The summed E-state index contributed by atoms with van der Waals surface area (Å²) in [6.07, 6.45) is 0. The molecule has 0 saturated carbocycles. The van der Waals surface area contributed by atoms with Gasteiger partial charge in [-0.1, -0.05) is 35.9 Å². The number of carbonyl (C=O) groups excluding carboxylic acids is 1. The fourth-order valence-corrected chi connectivity index (χ4v) is 2.04. The molecule has 2 aromatic carbocycles. The van der Waals surface area contributed by atoms with Gasteiger partial charge in [0.05, 0.1) is 11.6 Å². The Morgan fingerprint density at radius 2 is 1.95 bits per heavy atom. The number of para-hydroxylation sites is 1. The van der Waals surface area contributed by atoms with Crippen LogP contribution in [-0.2, 0) is 0 Å². The van der Waals surface area contributed by atoms with E-state index in [1.54, 1.807) is 30.3 Å². The van der Waals surface area contributed by atoms with Gasteiger partial charge in [0.25, 0.3) is 5.91 Å². The molecule has 0 heterocycles. The summed E-state index contributed by atoms with van der Waals surface area (Å²) in [7, 11) is 0. The third-order valence-corrected chi connectivity index (χ3v) is 3.14. The highest BCUT2D eigenvalue weighted by molar-refractivity contribution is 6.30. The lowest BCUT2D eigenvalue weighted by atomic mass is 10.1. The molecule has 3 nitrogen and oxygen atoms in total. The molecule has 0 aliphatic heterocycles. The van der Waals surface area contributed by atoms with Crippen LogP contribution < -0.4 is 11.1 Å². The molecule has 0 aliphatic rings. The number of rotatable bonds is 3. The average Bonchev–Trinajstić information content (AvgIpc) is 2.39.